The van der Waals surface area contributed by atoms with Crippen molar-refractivity contribution < 1.29 is 0 Å². The summed E-state index contributed by atoms with van der Waals surface area (Å²) in [6, 6.07) is 8.06. The van der Waals surface area contributed by atoms with Crippen molar-refractivity contribution in [3.8, 4) is 0 Å². The summed E-state index contributed by atoms with van der Waals surface area (Å²) in [5.74, 6) is 0. The lowest BCUT2D eigenvalue weighted by Gasteiger charge is -2.15. The molecule has 0 saturated carbocycles. The average molecular weight is 216 g/mol. The van der Waals surface area contributed by atoms with Gasteiger partial charge in [-0.15, -0.1) is 0 Å². The highest BCUT2D eigenvalue weighted by atomic mass is 16.1. The zero-order valence-corrected chi connectivity index (χ0v) is 10.1. The number of aromatic nitrogens is 1. The van der Waals surface area contributed by atoms with Gasteiger partial charge >= 0.3 is 0 Å². The quantitative estimate of drug-likeness (QED) is 0.727. The SMILES string of the molecule is Cc1ccc2c(c1)cc(N(C)C)c(=O)n2C. The van der Waals surface area contributed by atoms with Crippen LogP contribution < -0.4 is 10.5 Å². The lowest BCUT2D eigenvalue weighted by molar-refractivity contribution is 0.894. The fraction of sp³-hybridized carbons (Fsp3) is 0.308. The fourth-order valence-electron chi connectivity index (χ4n) is 1.91. The first kappa shape index (κ1) is 10.7. The molecule has 0 radical (unpaired) electrons. The van der Waals surface area contributed by atoms with Crippen LogP contribution in [0.4, 0.5) is 5.69 Å². The molecule has 1 heterocycles. The van der Waals surface area contributed by atoms with Gasteiger partial charge in [-0.05, 0) is 25.1 Å². The maximum absolute atomic E-state index is 12.0. The summed E-state index contributed by atoms with van der Waals surface area (Å²) in [6.07, 6.45) is 0. The molecule has 0 aliphatic heterocycles. The molecule has 3 nitrogen and oxygen atoms in total. The molecule has 3 heteroatoms. The van der Waals surface area contributed by atoms with E-state index in [1.165, 1.54) is 5.56 Å². The molecule has 1 aromatic heterocycles. The Morgan fingerprint density at radius 2 is 1.88 bits per heavy atom. The number of anilines is 1. The molecule has 0 N–H and O–H groups in total. The van der Waals surface area contributed by atoms with Crippen LogP contribution in [0, 0.1) is 6.92 Å². The van der Waals surface area contributed by atoms with Crippen LogP contribution in [0.3, 0.4) is 0 Å². The second-order valence-electron chi connectivity index (χ2n) is 4.35. The van der Waals surface area contributed by atoms with Crippen molar-refractivity contribution in [2.24, 2.45) is 7.05 Å². The molecular weight excluding hydrogens is 200 g/mol. The van der Waals surface area contributed by atoms with Crippen LogP contribution in [0.15, 0.2) is 29.1 Å². The van der Waals surface area contributed by atoms with Crippen LogP contribution in [0.1, 0.15) is 5.56 Å². The maximum atomic E-state index is 12.0. The number of rotatable bonds is 1. The molecule has 0 bridgehead atoms. The highest BCUT2D eigenvalue weighted by Gasteiger charge is 2.07. The Hall–Kier alpha value is -1.77. The van der Waals surface area contributed by atoms with E-state index >= 15 is 0 Å². The molecular formula is C13H16N2O. The van der Waals surface area contributed by atoms with Gasteiger partial charge in [-0.1, -0.05) is 11.6 Å². The normalized spacial score (nSPS) is 10.8. The van der Waals surface area contributed by atoms with Crippen molar-refractivity contribution in [2.45, 2.75) is 6.92 Å². The van der Waals surface area contributed by atoms with Crippen LogP contribution in [0.2, 0.25) is 0 Å². The summed E-state index contributed by atoms with van der Waals surface area (Å²) in [6.45, 7) is 2.06. The summed E-state index contributed by atoms with van der Waals surface area (Å²) in [7, 11) is 5.59. The van der Waals surface area contributed by atoms with Gasteiger partial charge in [-0.25, -0.2) is 0 Å². The predicted molar refractivity (Wildman–Crippen MR) is 68.3 cm³/mol. The topological polar surface area (TPSA) is 25.2 Å². The Morgan fingerprint density at radius 1 is 1.19 bits per heavy atom. The maximum Gasteiger partial charge on any atom is 0.274 e. The van der Waals surface area contributed by atoms with E-state index in [1.807, 2.05) is 44.2 Å². The third kappa shape index (κ3) is 1.58. The van der Waals surface area contributed by atoms with Gasteiger partial charge in [-0.3, -0.25) is 4.79 Å². The minimum absolute atomic E-state index is 0.0429. The number of hydrogen-bond donors (Lipinski definition) is 0. The summed E-state index contributed by atoms with van der Waals surface area (Å²) < 4.78 is 1.70. The number of aryl methyl sites for hydroxylation is 2. The van der Waals surface area contributed by atoms with Crippen LogP contribution in [0.25, 0.3) is 10.9 Å². The predicted octanol–water partition coefficient (Wildman–Crippen LogP) is 1.91. The zero-order valence-electron chi connectivity index (χ0n) is 10.1. The van der Waals surface area contributed by atoms with Gasteiger partial charge < -0.3 is 9.47 Å². The first-order valence-electron chi connectivity index (χ1n) is 5.28. The molecule has 0 unspecified atom stereocenters. The smallest absolute Gasteiger partial charge is 0.274 e. The number of hydrogen-bond acceptors (Lipinski definition) is 2. The van der Waals surface area contributed by atoms with Gasteiger partial charge in [-0.2, -0.15) is 0 Å². The Kier molecular flexibility index (Phi) is 2.46. The van der Waals surface area contributed by atoms with Gasteiger partial charge in [0.15, 0.2) is 0 Å². The molecule has 0 fully saturated rings. The molecule has 0 amide bonds. The van der Waals surface area contributed by atoms with Gasteiger partial charge in [0.1, 0.15) is 5.69 Å². The van der Waals surface area contributed by atoms with Gasteiger partial charge in [0, 0.05) is 26.5 Å². The largest absolute Gasteiger partial charge is 0.373 e. The van der Waals surface area contributed by atoms with Crippen molar-refractivity contribution in [3.63, 3.8) is 0 Å². The molecule has 16 heavy (non-hydrogen) atoms. The van der Waals surface area contributed by atoms with Crippen molar-refractivity contribution in [3.05, 3.63) is 40.2 Å². The highest BCUT2D eigenvalue weighted by Crippen LogP contribution is 2.17. The minimum atomic E-state index is 0.0429. The second kappa shape index (κ2) is 3.67. The monoisotopic (exact) mass is 216 g/mol. The van der Waals surface area contributed by atoms with Crippen molar-refractivity contribution in [2.75, 3.05) is 19.0 Å². The van der Waals surface area contributed by atoms with E-state index in [4.69, 9.17) is 0 Å². The lowest BCUT2D eigenvalue weighted by Crippen LogP contribution is -2.25. The van der Waals surface area contributed by atoms with E-state index in [9.17, 15) is 4.79 Å². The Bertz CT molecular complexity index is 597. The highest BCUT2D eigenvalue weighted by molar-refractivity contribution is 5.83. The molecule has 0 aliphatic carbocycles. The second-order valence-corrected chi connectivity index (χ2v) is 4.35. The molecule has 2 rings (SSSR count). The minimum Gasteiger partial charge on any atom is -0.373 e. The first-order chi connectivity index (χ1) is 7.50. The first-order valence-corrected chi connectivity index (χ1v) is 5.28. The van der Waals surface area contributed by atoms with E-state index in [0.29, 0.717) is 0 Å². The van der Waals surface area contributed by atoms with E-state index in [2.05, 4.69) is 13.0 Å². The molecule has 0 saturated heterocycles. The van der Waals surface area contributed by atoms with Crippen LogP contribution in [0.5, 0.6) is 0 Å². The van der Waals surface area contributed by atoms with E-state index in [0.717, 1.165) is 16.6 Å². The molecule has 0 aliphatic rings. The van der Waals surface area contributed by atoms with Crippen molar-refractivity contribution >= 4 is 16.6 Å². The van der Waals surface area contributed by atoms with Crippen LogP contribution in [-0.2, 0) is 7.05 Å². The Morgan fingerprint density at radius 3 is 2.50 bits per heavy atom. The molecule has 0 spiro atoms. The summed E-state index contributed by atoms with van der Waals surface area (Å²) in [5, 5.41) is 1.10. The number of pyridine rings is 1. The van der Waals surface area contributed by atoms with Gasteiger partial charge in [0.05, 0.1) is 5.52 Å². The van der Waals surface area contributed by atoms with E-state index < -0.39 is 0 Å². The Balaban J connectivity index is 2.89. The summed E-state index contributed by atoms with van der Waals surface area (Å²) in [4.78, 5) is 13.9. The van der Waals surface area contributed by atoms with E-state index in [1.54, 1.807) is 4.57 Å². The zero-order chi connectivity index (χ0) is 11.9. The third-order valence-electron chi connectivity index (χ3n) is 2.84. The molecule has 2 aromatic rings. The van der Waals surface area contributed by atoms with Gasteiger partial charge in [0.25, 0.3) is 5.56 Å². The number of fused-ring (bicyclic) bond motifs is 1. The fourth-order valence-corrected chi connectivity index (χ4v) is 1.91. The average Bonchev–Trinajstić information content (AvgIpc) is 2.22. The Labute approximate surface area is 94.9 Å². The summed E-state index contributed by atoms with van der Waals surface area (Å²) in [5.41, 5.74) is 2.94. The van der Waals surface area contributed by atoms with Crippen molar-refractivity contribution in [1.82, 2.24) is 4.57 Å². The van der Waals surface area contributed by atoms with Crippen LogP contribution >= 0.6 is 0 Å². The molecule has 0 atom stereocenters. The van der Waals surface area contributed by atoms with Gasteiger partial charge in [0.2, 0.25) is 0 Å². The lowest BCUT2D eigenvalue weighted by atomic mass is 10.1. The molecule has 84 valence electrons. The van der Waals surface area contributed by atoms with E-state index in [-0.39, 0.29) is 5.56 Å². The van der Waals surface area contributed by atoms with Crippen molar-refractivity contribution in [1.29, 1.82) is 0 Å². The van der Waals surface area contributed by atoms with Crippen LogP contribution in [-0.4, -0.2) is 18.7 Å². The number of nitrogens with zero attached hydrogens (tertiary/aromatic N) is 2. The third-order valence-corrected chi connectivity index (χ3v) is 2.84. The summed E-state index contributed by atoms with van der Waals surface area (Å²) >= 11 is 0. The standard InChI is InChI=1S/C13H16N2O/c1-9-5-6-11-10(7-9)8-12(14(2)3)13(16)15(11)4/h5-8H,1-4H3. The number of benzene rings is 1. The molecule has 1 aromatic carbocycles.